The summed E-state index contributed by atoms with van der Waals surface area (Å²) in [4.78, 5) is 13.1. The molecule has 1 saturated carbocycles. The van der Waals surface area contributed by atoms with Crippen LogP contribution in [-0.2, 0) is 11.2 Å². The van der Waals surface area contributed by atoms with Crippen molar-refractivity contribution in [3.63, 3.8) is 0 Å². The molecule has 0 amide bonds. The van der Waals surface area contributed by atoms with Gasteiger partial charge in [-0.2, -0.15) is 0 Å². The second-order valence-electron chi connectivity index (χ2n) is 5.67. The molecular weight excluding hydrogens is 254 g/mol. The fraction of sp³-hybridized carbons (Fsp3) is 0.562. The molecule has 0 aliphatic heterocycles. The van der Waals surface area contributed by atoms with Crippen molar-refractivity contribution in [1.82, 2.24) is 4.90 Å². The summed E-state index contributed by atoms with van der Waals surface area (Å²) in [7, 11) is 0. The summed E-state index contributed by atoms with van der Waals surface area (Å²) in [5, 5.41) is 18.1. The largest absolute Gasteiger partial charge is 0.508 e. The maximum absolute atomic E-state index is 10.7. The van der Waals surface area contributed by atoms with E-state index in [2.05, 4.69) is 11.8 Å². The van der Waals surface area contributed by atoms with Crippen LogP contribution in [0.1, 0.15) is 38.2 Å². The number of carboxylic acid groups (broad SMARTS) is 1. The Bertz CT molecular complexity index is 440. The third kappa shape index (κ3) is 4.53. The molecule has 20 heavy (non-hydrogen) atoms. The first-order valence-corrected chi connectivity index (χ1v) is 7.31. The van der Waals surface area contributed by atoms with Gasteiger partial charge in [-0.3, -0.25) is 9.69 Å². The van der Waals surface area contributed by atoms with Crippen molar-refractivity contribution >= 4 is 5.97 Å². The van der Waals surface area contributed by atoms with E-state index in [1.54, 1.807) is 12.1 Å². The van der Waals surface area contributed by atoms with Crippen molar-refractivity contribution in [1.29, 1.82) is 0 Å². The van der Waals surface area contributed by atoms with Crippen LogP contribution in [0.15, 0.2) is 24.3 Å². The molecule has 1 aromatic rings. The average molecular weight is 277 g/mol. The Balaban J connectivity index is 1.83. The standard InChI is InChI=1S/C16H23NO3/c1-12(2-3-13-4-8-15(18)9-5-13)17(14-6-7-14)11-10-16(19)20/h4-5,8-9,12,14,18H,2-3,6-7,10-11H2,1H3,(H,19,20). The zero-order valence-electron chi connectivity index (χ0n) is 12.0. The van der Waals surface area contributed by atoms with Gasteiger partial charge in [-0.05, 0) is 50.3 Å². The van der Waals surface area contributed by atoms with Crippen LogP contribution in [0.5, 0.6) is 5.75 Å². The highest BCUT2D eigenvalue weighted by molar-refractivity contribution is 5.66. The lowest BCUT2D eigenvalue weighted by Gasteiger charge is -2.28. The Morgan fingerprint density at radius 3 is 2.55 bits per heavy atom. The van der Waals surface area contributed by atoms with Gasteiger partial charge < -0.3 is 10.2 Å². The topological polar surface area (TPSA) is 60.8 Å². The maximum Gasteiger partial charge on any atom is 0.304 e. The molecule has 110 valence electrons. The van der Waals surface area contributed by atoms with Gasteiger partial charge >= 0.3 is 5.97 Å². The Labute approximate surface area is 120 Å². The molecule has 0 aromatic heterocycles. The van der Waals surface area contributed by atoms with E-state index < -0.39 is 5.97 Å². The van der Waals surface area contributed by atoms with Gasteiger partial charge in [0.15, 0.2) is 0 Å². The second-order valence-corrected chi connectivity index (χ2v) is 5.67. The average Bonchev–Trinajstić information content (AvgIpc) is 3.22. The molecule has 1 aliphatic carbocycles. The van der Waals surface area contributed by atoms with Crippen LogP contribution in [0.25, 0.3) is 0 Å². The van der Waals surface area contributed by atoms with Crippen LogP contribution in [0, 0.1) is 0 Å². The van der Waals surface area contributed by atoms with E-state index in [0.29, 0.717) is 24.4 Å². The number of hydrogen-bond acceptors (Lipinski definition) is 3. The molecule has 0 heterocycles. The number of aryl methyl sites for hydroxylation is 1. The maximum atomic E-state index is 10.7. The third-order valence-electron chi connectivity index (χ3n) is 3.95. The molecular formula is C16H23NO3. The van der Waals surface area contributed by atoms with Crippen LogP contribution in [0.4, 0.5) is 0 Å². The van der Waals surface area contributed by atoms with Crippen molar-refractivity contribution in [2.75, 3.05) is 6.54 Å². The molecule has 1 atom stereocenters. The molecule has 4 heteroatoms. The predicted octanol–water partition coefficient (Wildman–Crippen LogP) is 2.65. The number of hydrogen-bond donors (Lipinski definition) is 2. The number of aliphatic carboxylic acids is 1. The monoisotopic (exact) mass is 277 g/mol. The van der Waals surface area contributed by atoms with E-state index in [1.807, 2.05) is 12.1 Å². The number of carboxylic acids is 1. The van der Waals surface area contributed by atoms with E-state index in [1.165, 1.54) is 18.4 Å². The Hall–Kier alpha value is -1.55. The molecule has 1 aromatic carbocycles. The Kier molecular flexibility index (Phi) is 5.01. The van der Waals surface area contributed by atoms with Crippen molar-refractivity contribution in [2.45, 2.75) is 51.1 Å². The van der Waals surface area contributed by atoms with E-state index >= 15 is 0 Å². The lowest BCUT2D eigenvalue weighted by atomic mass is 10.0. The van der Waals surface area contributed by atoms with Gasteiger partial charge in [0.1, 0.15) is 5.75 Å². The number of aromatic hydroxyl groups is 1. The van der Waals surface area contributed by atoms with E-state index in [4.69, 9.17) is 5.11 Å². The first kappa shape index (κ1) is 14.9. The minimum atomic E-state index is -0.721. The number of phenolic OH excluding ortho intramolecular Hbond substituents is 1. The normalized spacial score (nSPS) is 16.3. The molecule has 0 spiro atoms. The fourth-order valence-electron chi connectivity index (χ4n) is 2.60. The van der Waals surface area contributed by atoms with Gasteiger partial charge in [0.05, 0.1) is 6.42 Å². The molecule has 0 bridgehead atoms. The van der Waals surface area contributed by atoms with Crippen molar-refractivity contribution < 1.29 is 15.0 Å². The summed E-state index contributed by atoms with van der Waals surface area (Å²) in [6, 6.07) is 8.30. The summed E-state index contributed by atoms with van der Waals surface area (Å²) in [5.74, 6) is -0.427. The SMILES string of the molecule is CC(CCc1ccc(O)cc1)N(CCC(=O)O)C1CC1. The summed E-state index contributed by atoms with van der Waals surface area (Å²) in [6.45, 7) is 2.83. The number of rotatable bonds is 8. The Morgan fingerprint density at radius 2 is 2.00 bits per heavy atom. The zero-order chi connectivity index (χ0) is 14.5. The Morgan fingerprint density at radius 1 is 1.35 bits per heavy atom. The summed E-state index contributed by atoms with van der Waals surface area (Å²) in [5.41, 5.74) is 1.21. The van der Waals surface area contributed by atoms with Crippen LogP contribution in [0.3, 0.4) is 0 Å². The van der Waals surface area contributed by atoms with Gasteiger partial charge in [-0.15, -0.1) is 0 Å². The van der Waals surface area contributed by atoms with Crippen molar-refractivity contribution in [3.8, 4) is 5.75 Å². The lowest BCUT2D eigenvalue weighted by Crippen LogP contribution is -2.37. The van der Waals surface area contributed by atoms with Crippen LogP contribution >= 0.6 is 0 Å². The van der Waals surface area contributed by atoms with Crippen LogP contribution in [0.2, 0.25) is 0 Å². The van der Waals surface area contributed by atoms with E-state index in [9.17, 15) is 9.90 Å². The fourth-order valence-corrected chi connectivity index (χ4v) is 2.60. The molecule has 1 aliphatic rings. The highest BCUT2D eigenvalue weighted by atomic mass is 16.4. The minimum absolute atomic E-state index is 0.222. The van der Waals surface area contributed by atoms with Gasteiger partial charge in [-0.25, -0.2) is 0 Å². The van der Waals surface area contributed by atoms with Gasteiger partial charge in [0.25, 0.3) is 0 Å². The molecule has 1 fully saturated rings. The highest BCUT2D eigenvalue weighted by Crippen LogP contribution is 2.30. The summed E-state index contributed by atoms with van der Waals surface area (Å²) >= 11 is 0. The zero-order valence-corrected chi connectivity index (χ0v) is 12.0. The second kappa shape index (κ2) is 6.75. The van der Waals surface area contributed by atoms with E-state index in [-0.39, 0.29) is 6.42 Å². The third-order valence-corrected chi connectivity index (χ3v) is 3.95. The van der Waals surface area contributed by atoms with Crippen LogP contribution < -0.4 is 0 Å². The molecule has 0 radical (unpaired) electrons. The van der Waals surface area contributed by atoms with E-state index in [0.717, 1.165) is 12.8 Å². The first-order chi connectivity index (χ1) is 9.56. The van der Waals surface area contributed by atoms with Crippen LogP contribution in [-0.4, -0.2) is 39.7 Å². The van der Waals surface area contributed by atoms with Gasteiger partial charge in [0.2, 0.25) is 0 Å². The number of nitrogens with zero attached hydrogens (tertiary/aromatic N) is 1. The first-order valence-electron chi connectivity index (χ1n) is 7.31. The summed E-state index contributed by atoms with van der Waals surface area (Å²) < 4.78 is 0. The number of carbonyl (C=O) groups is 1. The molecule has 2 N–H and O–H groups in total. The highest BCUT2D eigenvalue weighted by Gasteiger charge is 2.31. The minimum Gasteiger partial charge on any atom is -0.508 e. The smallest absolute Gasteiger partial charge is 0.304 e. The van der Waals surface area contributed by atoms with Crippen molar-refractivity contribution in [3.05, 3.63) is 29.8 Å². The molecule has 2 rings (SSSR count). The predicted molar refractivity (Wildman–Crippen MR) is 77.9 cm³/mol. The number of benzene rings is 1. The molecule has 0 saturated heterocycles. The lowest BCUT2D eigenvalue weighted by molar-refractivity contribution is -0.137. The number of phenols is 1. The molecule has 4 nitrogen and oxygen atoms in total. The summed E-state index contributed by atoms with van der Waals surface area (Å²) in [6.07, 6.45) is 4.59. The van der Waals surface area contributed by atoms with Gasteiger partial charge in [-0.1, -0.05) is 12.1 Å². The van der Waals surface area contributed by atoms with Crippen molar-refractivity contribution in [2.24, 2.45) is 0 Å². The quantitative estimate of drug-likeness (QED) is 0.767. The molecule has 1 unspecified atom stereocenters. The van der Waals surface area contributed by atoms with Gasteiger partial charge in [0, 0.05) is 18.6 Å².